The molecule has 1 N–H and O–H groups in total. The first-order valence-electron chi connectivity index (χ1n) is 8.81. The number of halogens is 3. The Morgan fingerprint density at radius 1 is 0.964 bits per heavy atom. The number of benzene rings is 2. The van der Waals surface area contributed by atoms with E-state index in [0.717, 1.165) is 17.7 Å². The van der Waals surface area contributed by atoms with Crippen LogP contribution >= 0.6 is 0 Å². The van der Waals surface area contributed by atoms with Gasteiger partial charge in [-0.3, -0.25) is 4.90 Å². The zero-order valence-corrected chi connectivity index (χ0v) is 15.8. The summed E-state index contributed by atoms with van der Waals surface area (Å²) in [7, 11) is -4.00. The van der Waals surface area contributed by atoms with Gasteiger partial charge in [0.25, 0.3) is 0 Å². The van der Waals surface area contributed by atoms with Crippen molar-refractivity contribution in [1.82, 2.24) is 9.21 Å². The number of β-amino-alcohol motifs (C(OH)–C–C–N with tert-alkyl or cyclic N) is 1. The number of rotatable bonds is 5. The Hall–Kier alpha value is -1.94. The van der Waals surface area contributed by atoms with E-state index in [1.807, 2.05) is 35.2 Å². The van der Waals surface area contributed by atoms with E-state index >= 15 is 0 Å². The van der Waals surface area contributed by atoms with Crippen LogP contribution in [-0.4, -0.2) is 55.5 Å². The van der Waals surface area contributed by atoms with Crippen LogP contribution in [0.1, 0.15) is 17.2 Å². The number of aliphatic hydroxyl groups excluding tert-OH is 1. The lowest BCUT2D eigenvalue weighted by Crippen LogP contribution is -2.49. The third-order valence-corrected chi connectivity index (χ3v) is 6.64. The van der Waals surface area contributed by atoms with Gasteiger partial charge in [0.1, 0.15) is 0 Å². The second-order valence-electron chi connectivity index (χ2n) is 6.66. The molecule has 28 heavy (non-hydrogen) atoms. The van der Waals surface area contributed by atoms with Gasteiger partial charge in [-0.2, -0.15) is 17.5 Å². The van der Waals surface area contributed by atoms with Crippen LogP contribution in [0.25, 0.3) is 0 Å². The molecule has 0 saturated carbocycles. The van der Waals surface area contributed by atoms with Crippen molar-refractivity contribution in [3.05, 3.63) is 65.7 Å². The van der Waals surface area contributed by atoms with Crippen molar-refractivity contribution in [2.75, 3.05) is 32.7 Å². The Labute approximate surface area is 162 Å². The van der Waals surface area contributed by atoms with Gasteiger partial charge in [-0.1, -0.05) is 36.4 Å². The third kappa shape index (κ3) is 4.72. The Balaban J connectivity index is 1.64. The van der Waals surface area contributed by atoms with Crippen molar-refractivity contribution in [2.24, 2.45) is 0 Å². The maximum Gasteiger partial charge on any atom is 0.416 e. The zero-order valence-electron chi connectivity index (χ0n) is 15.0. The highest BCUT2D eigenvalue weighted by Crippen LogP contribution is 2.31. The van der Waals surface area contributed by atoms with E-state index in [0.29, 0.717) is 25.7 Å². The Morgan fingerprint density at radius 3 is 2.21 bits per heavy atom. The van der Waals surface area contributed by atoms with E-state index in [9.17, 15) is 26.7 Å². The SMILES string of the molecule is O=S(=O)(c1cccc(C(F)(F)F)c1)N1CCN(C[C@H](O)c2ccccc2)CC1. The van der Waals surface area contributed by atoms with Gasteiger partial charge in [0, 0.05) is 32.7 Å². The molecule has 1 fully saturated rings. The van der Waals surface area contributed by atoms with Gasteiger partial charge in [-0.25, -0.2) is 8.42 Å². The first-order chi connectivity index (χ1) is 13.2. The molecule has 1 aliphatic heterocycles. The van der Waals surface area contributed by atoms with E-state index in [-0.39, 0.29) is 18.0 Å². The van der Waals surface area contributed by atoms with Crippen LogP contribution < -0.4 is 0 Å². The molecular weight excluding hydrogens is 393 g/mol. The fourth-order valence-electron chi connectivity index (χ4n) is 3.16. The van der Waals surface area contributed by atoms with Crippen LogP contribution in [-0.2, 0) is 16.2 Å². The summed E-state index contributed by atoms with van der Waals surface area (Å²) in [6, 6.07) is 12.9. The second kappa shape index (κ2) is 8.20. The van der Waals surface area contributed by atoms with Gasteiger partial charge in [-0.05, 0) is 23.8 Å². The molecule has 0 unspecified atom stereocenters. The topological polar surface area (TPSA) is 60.9 Å². The van der Waals surface area contributed by atoms with Gasteiger partial charge in [-0.15, -0.1) is 0 Å². The maximum absolute atomic E-state index is 12.9. The van der Waals surface area contributed by atoms with E-state index in [1.54, 1.807) is 0 Å². The minimum atomic E-state index is -4.60. The van der Waals surface area contributed by atoms with Gasteiger partial charge in [0.05, 0.1) is 16.6 Å². The van der Waals surface area contributed by atoms with Crippen molar-refractivity contribution in [3.8, 4) is 0 Å². The molecule has 1 saturated heterocycles. The molecule has 3 rings (SSSR count). The van der Waals surface area contributed by atoms with E-state index in [2.05, 4.69) is 0 Å². The van der Waals surface area contributed by atoms with Gasteiger partial charge in [0.2, 0.25) is 10.0 Å². The summed E-state index contributed by atoms with van der Waals surface area (Å²) in [5.41, 5.74) is -0.209. The number of hydrogen-bond donors (Lipinski definition) is 1. The summed E-state index contributed by atoms with van der Waals surface area (Å²) in [5.74, 6) is 0. The fourth-order valence-corrected chi connectivity index (χ4v) is 4.63. The van der Waals surface area contributed by atoms with Gasteiger partial charge in [0.15, 0.2) is 0 Å². The number of sulfonamides is 1. The Kier molecular flexibility index (Phi) is 6.09. The van der Waals surface area contributed by atoms with Crippen LogP contribution in [0.3, 0.4) is 0 Å². The molecule has 1 heterocycles. The number of alkyl halides is 3. The molecule has 2 aromatic rings. The summed E-state index contributed by atoms with van der Waals surface area (Å²) in [6.07, 6.45) is -5.29. The molecular formula is C19H21F3N2O3S. The first kappa shape index (κ1) is 20.8. The van der Waals surface area contributed by atoms with Gasteiger partial charge >= 0.3 is 6.18 Å². The van der Waals surface area contributed by atoms with Crippen molar-refractivity contribution in [3.63, 3.8) is 0 Å². The summed E-state index contributed by atoms with van der Waals surface area (Å²) in [5, 5.41) is 10.3. The van der Waals surface area contributed by atoms with Crippen LogP contribution in [0.15, 0.2) is 59.5 Å². The van der Waals surface area contributed by atoms with E-state index in [4.69, 9.17) is 0 Å². The fraction of sp³-hybridized carbons (Fsp3) is 0.368. The minimum Gasteiger partial charge on any atom is -0.387 e. The molecule has 0 bridgehead atoms. The van der Waals surface area contributed by atoms with Crippen LogP contribution in [0.5, 0.6) is 0 Å². The first-order valence-corrected chi connectivity index (χ1v) is 10.2. The molecule has 2 aromatic carbocycles. The normalized spacial score (nSPS) is 18.1. The summed E-state index contributed by atoms with van der Waals surface area (Å²) in [6.45, 7) is 1.45. The number of piperazine rings is 1. The monoisotopic (exact) mass is 414 g/mol. The van der Waals surface area contributed by atoms with Crippen LogP contribution in [0, 0.1) is 0 Å². The summed E-state index contributed by atoms with van der Waals surface area (Å²) < 4.78 is 65.2. The molecule has 0 aliphatic carbocycles. The van der Waals surface area contributed by atoms with E-state index in [1.165, 1.54) is 10.4 Å². The smallest absolute Gasteiger partial charge is 0.387 e. The molecule has 0 spiro atoms. The molecule has 1 aliphatic rings. The maximum atomic E-state index is 12.9. The molecule has 5 nitrogen and oxygen atoms in total. The average Bonchev–Trinajstić information content (AvgIpc) is 2.68. The van der Waals surface area contributed by atoms with Crippen molar-refractivity contribution in [1.29, 1.82) is 0 Å². The molecule has 9 heteroatoms. The van der Waals surface area contributed by atoms with Crippen molar-refractivity contribution >= 4 is 10.0 Å². The Morgan fingerprint density at radius 2 is 1.61 bits per heavy atom. The van der Waals surface area contributed by atoms with Crippen LogP contribution in [0.4, 0.5) is 13.2 Å². The zero-order chi connectivity index (χ0) is 20.4. The lowest BCUT2D eigenvalue weighted by molar-refractivity contribution is -0.137. The van der Waals surface area contributed by atoms with Gasteiger partial charge < -0.3 is 5.11 Å². The largest absolute Gasteiger partial charge is 0.416 e. The van der Waals surface area contributed by atoms with Crippen LogP contribution in [0.2, 0.25) is 0 Å². The predicted molar refractivity (Wildman–Crippen MR) is 98.0 cm³/mol. The molecule has 152 valence electrons. The molecule has 0 amide bonds. The third-order valence-electron chi connectivity index (χ3n) is 4.75. The second-order valence-corrected chi connectivity index (χ2v) is 8.59. The lowest BCUT2D eigenvalue weighted by atomic mass is 10.1. The predicted octanol–water partition coefficient (Wildman–Crippen LogP) is 2.75. The standard InChI is InChI=1S/C19H21F3N2O3S/c20-19(21,22)16-7-4-8-17(13-16)28(26,27)24-11-9-23(10-12-24)14-18(25)15-5-2-1-3-6-15/h1-8,13,18,25H,9-12,14H2/t18-/m0/s1. The quantitative estimate of drug-likeness (QED) is 0.818. The van der Waals surface area contributed by atoms with E-state index < -0.39 is 27.9 Å². The average molecular weight is 414 g/mol. The van der Waals surface area contributed by atoms with Crippen molar-refractivity contribution < 1.29 is 26.7 Å². The number of hydrogen-bond acceptors (Lipinski definition) is 4. The van der Waals surface area contributed by atoms with Crippen molar-refractivity contribution in [2.45, 2.75) is 17.2 Å². The highest BCUT2D eigenvalue weighted by molar-refractivity contribution is 7.89. The molecule has 0 aromatic heterocycles. The Bertz CT molecular complexity index is 896. The molecule has 1 atom stereocenters. The summed E-state index contributed by atoms with van der Waals surface area (Å²) in [4.78, 5) is 1.58. The number of aliphatic hydroxyl groups is 1. The summed E-state index contributed by atoms with van der Waals surface area (Å²) >= 11 is 0. The minimum absolute atomic E-state index is 0.153. The molecule has 0 radical (unpaired) electrons. The lowest BCUT2D eigenvalue weighted by Gasteiger charge is -2.35. The number of nitrogens with zero attached hydrogens (tertiary/aromatic N) is 2. The highest BCUT2D eigenvalue weighted by Gasteiger charge is 2.34. The highest BCUT2D eigenvalue weighted by atomic mass is 32.2.